The summed E-state index contributed by atoms with van der Waals surface area (Å²) >= 11 is 0. The van der Waals surface area contributed by atoms with Crippen molar-refractivity contribution in [2.75, 3.05) is 5.32 Å². The maximum Gasteiger partial charge on any atom is 0.137 e. The van der Waals surface area contributed by atoms with Crippen LogP contribution in [0.4, 0.5) is 5.69 Å². The topological polar surface area (TPSA) is 29.3 Å². The van der Waals surface area contributed by atoms with Crippen molar-refractivity contribution in [3.05, 3.63) is 65.6 Å². The first-order valence-corrected chi connectivity index (χ1v) is 6.47. The molecule has 3 heteroatoms. The number of rotatable bonds is 3. The highest BCUT2D eigenvalue weighted by Crippen LogP contribution is 2.15. The average molecular weight is 251 g/mol. The van der Waals surface area contributed by atoms with Crippen molar-refractivity contribution in [3.63, 3.8) is 0 Å². The Balaban J connectivity index is 1.85. The van der Waals surface area contributed by atoms with Gasteiger partial charge in [-0.2, -0.15) is 0 Å². The smallest absolute Gasteiger partial charge is 0.137 e. The zero-order chi connectivity index (χ0) is 13.2. The fourth-order valence-electron chi connectivity index (χ4n) is 2.23. The Labute approximate surface area is 112 Å². The maximum absolute atomic E-state index is 4.56. The van der Waals surface area contributed by atoms with Crippen LogP contribution in [-0.2, 0) is 6.54 Å². The number of imidazole rings is 1. The van der Waals surface area contributed by atoms with Gasteiger partial charge in [-0.25, -0.2) is 4.98 Å². The van der Waals surface area contributed by atoms with Crippen molar-refractivity contribution >= 4 is 11.3 Å². The van der Waals surface area contributed by atoms with Gasteiger partial charge in [0.15, 0.2) is 0 Å². The summed E-state index contributed by atoms with van der Waals surface area (Å²) in [5.41, 5.74) is 5.69. The molecular weight excluding hydrogens is 234 g/mol. The summed E-state index contributed by atoms with van der Waals surface area (Å²) in [6.45, 7) is 4.93. The first kappa shape index (κ1) is 11.8. The Morgan fingerprint density at radius 3 is 2.63 bits per heavy atom. The van der Waals surface area contributed by atoms with Gasteiger partial charge in [-0.1, -0.05) is 23.8 Å². The van der Waals surface area contributed by atoms with Crippen LogP contribution in [0.2, 0.25) is 0 Å². The molecule has 3 rings (SSSR count). The fraction of sp³-hybridized carbons (Fsp3) is 0.188. The summed E-state index contributed by atoms with van der Waals surface area (Å²) in [4.78, 5) is 4.56. The lowest BCUT2D eigenvalue weighted by molar-refractivity contribution is 0.986. The number of anilines is 1. The number of fused-ring (bicyclic) bond motifs is 1. The van der Waals surface area contributed by atoms with E-state index in [2.05, 4.69) is 59.0 Å². The highest BCUT2D eigenvalue weighted by molar-refractivity contribution is 5.47. The van der Waals surface area contributed by atoms with Gasteiger partial charge in [-0.05, 0) is 38.1 Å². The SMILES string of the molecule is Cc1ccc(NCc2c(C)nc3ccccn23)cc1. The summed E-state index contributed by atoms with van der Waals surface area (Å²) in [5.74, 6) is 0. The molecule has 0 aliphatic heterocycles. The lowest BCUT2D eigenvalue weighted by Crippen LogP contribution is -2.03. The third kappa shape index (κ3) is 2.32. The standard InChI is InChI=1S/C16H17N3/c1-12-6-8-14(9-7-12)17-11-15-13(2)18-16-5-3-4-10-19(15)16/h3-10,17H,11H2,1-2H3. The average Bonchev–Trinajstić information content (AvgIpc) is 2.74. The molecule has 19 heavy (non-hydrogen) atoms. The molecule has 1 N–H and O–H groups in total. The van der Waals surface area contributed by atoms with E-state index in [1.54, 1.807) is 0 Å². The predicted octanol–water partition coefficient (Wildman–Crippen LogP) is 3.56. The van der Waals surface area contributed by atoms with Crippen molar-refractivity contribution < 1.29 is 0 Å². The van der Waals surface area contributed by atoms with Crippen LogP contribution in [-0.4, -0.2) is 9.38 Å². The van der Waals surface area contributed by atoms with Crippen LogP contribution in [0, 0.1) is 13.8 Å². The molecule has 0 amide bonds. The van der Waals surface area contributed by atoms with Gasteiger partial charge in [0.1, 0.15) is 5.65 Å². The summed E-state index contributed by atoms with van der Waals surface area (Å²) < 4.78 is 2.14. The third-order valence-corrected chi connectivity index (χ3v) is 3.34. The molecule has 1 aromatic carbocycles. The molecule has 0 radical (unpaired) electrons. The molecule has 0 spiro atoms. The first-order valence-electron chi connectivity index (χ1n) is 6.47. The monoisotopic (exact) mass is 251 g/mol. The molecule has 2 heterocycles. The first-order chi connectivity index (χ1) is 9.24. The maximum atomic E-state index is 4.56. The molecule has 0 aliphatic rings. The molecule has 0 saturated heterocycles. The Bertz CT molecular complexity index is 696. The molecule has 2 aromatic heterocycles. The normalized spacial score (nSPS) is 10.8. The van der Waals surface area contributed by atoms with E-state index in [0.717, 1.165) is 23.6 Å². The van der Waals surface area contributed by atoms with Crippen LogP contribution in [0.3, 0.4) is 0 Å². The lowest BCUT2D eigenvalue weighted by atomic mass is 10.2. The van der Waals surface area contributed by atoms with Gasteiger partial charge < -0.3 is 9.72 Å². The van der Waals surface area contributed by atoms with Crippen LogP contribution in [0.5, 0.6) is 0 Å². The third-order valence-electron chi connectivity index (χ3n) is 3.34. The summed E-state index contributed by atoms with van der Waals surface area (Å²) in [5, 5.41) is 3.45. The van der Waals surface area contributed by atoms with E-state index in [1.165, 1.54) is 11.3 Å². The van der Waals surface area contributed by atoms with E-state index in [0.29, 0.717) is 0 Å². The van der Waals surface area contributed by atoms with Gasteiger partial charge in [-0.3, -0.25) is 0 Å². The lowest BCUT2D eigenvalue weighted by Gasteiger charge is -2.07. The highest BCUT2D eigenvalue weighted by atomic mass is 15.0. The van der Waals surface area contributed by atoms with Gasteiger partial charge >= 0.3 is 0 Å². The van der Waals surface area contributed by atoms with Gasteiger partial charge in [-0.15, -0.1) is 0 Å². The minimum absolute atomic E-state index is 0.778. The van der Waals surface area contributed by atoms with E-state index in [9.17, 15) is 0 Å². The predicted molar refractivity (Wildman–Crippen MR) is 78.4 cm³/mol. The minimum Gasteiger partial charge on any atom is -0.379 e. The Hall–Kier alpha value is -2.29. The highest BCUT2D eigenvalue weighted by Gasteiger charge is 2.07. The number of nitrogens with zero attached hydrogens (tertiary/aromatic N) is 2. The second kappa shape index (κ2) is 4.76. The molecule has 0 saturated carbocycles. The number of hydrogen-bond acceptors (Lipinski definition) is 2. The Kier molecular flexibility index (Phi) is 2.95. The van der Waals surface area contributed by atoms with Crippen LogP contribution in [0.15, 0.2) is 48.7 Å². The van der Waals surface area contributed by atoms with Crippen molar-refractivity contribution in [3.8, 4) is 0 Å². The van der Waals surface area contributed by atoms with E-state index in [-0.39, 0.29) is 0 Å². The zero-order valence-corrected chi connectivity index (χ0v) is 11.2. The number of benzene rings is 1. The van der Waals surface area contributed by atoms with E-state index in [4.69, 9.17) is 0 Å². The van der Waals surface area contributed by atoms with E-state index >= 15 is 0 Å². The number of aryl methyl sites for hydroxylation is 2. The number of aromatic nitrogens is 2. The summed E-state index contributed by atoms with van der Waals surface area (Å²) in [6, 6.07) is 14.5. The molecule has 0 atom stereocenters. The van der Waals surface area contributed by atoms with Crippen LogP contribution < -0.4 is 5.32 Å². The van der Waals surface area contributed by atoms with Gasteiger partial charge in [0.25, 0.3) is 0 Å². The van der Waals surface area contributed by atoms with Gasteiger partial charge in [0, 0.05) is 11.9 Å². The zero-order valence-electron chi connectivity index (χ0n) is 11.2. The van der Waals surface area contributed by atoms with Crippen molar-refractivity contribution in [2.24, 2.45) is 0 Å². The molecule has 0 fully saturated rings. The number of nitrogens with one attached hydrogen (secondary N) is 1. The molecule has 3 nitrogen and oxygen atoms in total. The molecule has 3 aromatic rings. The Morgan fingerprint density at radius 1 is 1.05 bits per heavy atom. The summed E-state index contributed by atoms with van der Waals surface area (Å²) in [7, 11) is 0. The van der Waals surface area contributed by atoms with Crippen molar-refractivity contribution in [1.29, 1.82) is 0 Å². The van der Waals surface area contributed by atoms with Crippen LogP contribution in [0.1, 0.15) is 17.0 Å². The number of hydrogen-bond donors (Lipinski definition) is 1. The second-order valence-electron chi connectivity index (χ2n) is 4.79. The molecule has 0 aliphatic carbocycles. The second-order valence-corrected chi connectivity index (χ2v) is 4.79. The van der Waals surface area contributed by atoms with Crippen molar-refractivity contribution in [2.45, 2.75) is 20.4 Å². The quantitative estimate of drug-likeness (QED) is 0.771. The molecule has 96 valence electrons. The molecule has 0 bridgehead atoms. The van der Waals surface area contributed by atoms with Crippen LogP contribution in [0.25, 0.3) is 5.65 Å². The summed E-state index contributed by atoms with van der Waals surface area (Å²) in [6.07, 6.45) is 2.06. The largest absolute Gasteiger partial charge is 0.379 e. The van der Waals surface area contributed by atoms with Gasteiger partial charge in [0.2, 0.25) is 0 Å². The van der Waals surface area contributed by atoms with Crippen molar-refractivity contribution in [1.82, 2.24) is 9.38 Å². The Morgan fingerprint density at radius 2 is 1.84 bits per heavy atom. The molecule has 0 unspecified atom stereocenters. The molecular formula is C16H17N3. The van der Waals surface area contributed by atoms with Crippen LogP contribution >= 0.6 is 0 Å². The minimum atomic E-state index is 0.778. The van der Waals surface area contributed by atoms with Gasteiger partial charge in [0.05, 0.1) is 17.9 Å². The van der Waals surface area contributed by atoms with E-state index in [1.807, 2.05) is 18.2 Å². The fourth-order valence-corrected chi connectivity index (χ4v) is 2.23. The number of pyridine rings is 1. The van der Waals surface area contributed by atoms with E-state index < -0.39 is 0 Å².